The van der Waals surface area contributed by atoms with Gasteiger partial charge in [0.1, 0.15) is 17.2 Å². The van der Waals surface area contributed by atoms with Crippen molar-refractivity contribution in [3.05, 3.63) is 52.1 Å². The Bertz CT molecular complexity index is 708. The first-order valence-corrected chi connectivity index (χ1v) is 5.68. The summed E-state index contributed by atoms with van der Waals surface area (Å²) >= 11 is 0. The number of non-ortho nitro benzene ring substituents is 1. The molecule has 0 fully saturated rings. The summed E-state index contributed by atoms with van der Waals surface area (Å²) in [5, 5.41) is 41.1. The average molecular weight is 290 g/mol. The Morgan fingerprint density at radius 2 is 1.67 bits per heavy atom. The first kappa shape index (κ1) is 14.1. The Balaban J connectivity index is 2.25. The highest BCUT2D eigenvalue weighted by Gasteiger charge is 2.14. The lowest BCUT2D eigenvalue weighted by atomic mass is 10.1. The second-order valence-corrected chi connectivity index (χ2v) is 4.15. The SMILES string of the molecule is O=C(Nc1ccc([N+](=O)[O-])cc1O)c1cc(O)cc(O)c1. The molecule has 0 aliphatic carbocycles. The molecule has 0 radical (unpaired) electrons. The zero-order valence-corrected chi connectivity index (χ0v) is 10.5. The quantitative estimate of drug-likeness (QED) is 0.388. The van der Waals surface area contributed by atoms with Gasteiger partial charge in [-0.1, -0.05) is 0 Å². The van der Waals surface area contributed by atoms with Crippen molar-refractivity contribution in [2.75, 3.05) is 5.32 Å². The van der Waals surface area contributed by atoms with Crippen LogP contribution in [-0.4, -0.2) is 26.2 Å². The van der Waals surface area contributed by atoms with E-state index in [1.165, 1.54) is 6.07 Å². The number of phenolic OH excluding ortho intramolecular Hbond substituents is 3. The third kappa shape index (κ3) is 3.18. The fourth-order valence-corrected chi connectivity index (χ4v) is 1.66. The van der Waals surface area contributed by atoms with Gasteiger partial charge >= 0.3 is 0 Å². The van der Waals surface area contributed by atoms with Crippen LogP contribution in [-0.2, 0) is 0 Å². The summed E-state index contributed by atoms with van der Waals surface area (Å²) in [7, 11) is 0. The molecule has 2 rings (SSSR count). The van der Waals surface area contributed by atoms with Crippen LogP contribution in [0.5, 0.6) is 17.2 Å². The molecular weight excluding hydrogens is 280 g/mol. The van der Waals surface area contributed by atoms with Gasteiger partial charge in [0.05, 0.1) is 16.7 Å². The van der Waals surface area contributed by atoms with Crippen LogP contribution in [0.3, 0.4) is 0 Å². The van der Waals surface area contributed by atoms with Gasteiger partial charge in [0.25, 0.3) is 11.6 Å². The van der Waals surface area contributed by atoms with Crippen LogP contribution in [0.4, 0.5) is 11.4 Å². The average Bonchev–Trinajstić information content (AvgIpc) is 2.39. The molecule has 2 aromatic rings. The topological polar surface area (TPSA) is 133 Å². The largest absolute Gasteiger partial charge is 0.508 e. The number of carbonyl (C=O) groups excluding carboxylic acids is 1. The molecule has 1 amide bonds. The Kier molecular flexibility index (Phi) is 3.61. The van der Waals surface area contributed by atoms with Crippen molar-refractivity contribution in [1.29, 1.82) is 0 Å². The number of phenols is 3. The summed E-state index contributed by atoms with van der Waals surface area (Å²) in [6, 6.07) is 6.49. The molecule has 0 atom stereocenters. The van der Waals surface area contributed by atoms with Crippen molar-refractivity contribution in [1.82, 2.24) is 0 Å². The monoisotopic (exact) mass is 290 g/mol. The lowest BCUT2D eigenvalue weighted by molar-refractivity contribution is -0.384. The minimum atomic E-state index is -0.703. The number of hydrogen-bond acceptors (Lipinski definition) is 6. The van der Waals surface area contributed by atoms with Gasteiger partial charge in [-0.25, -0.2) is 0 Å². The number of benzene rings is 2. The van der Waals surface area contributed by atoms with Crippen molar-refractivity contribution >= 4 is 17.3 Å². The first-order valence-electron chi connectivity index (χ1n) is 5.68. The smallest absolute Gasteiger partial charge is 0.273 e. The van der Waals surface area contributed by atoms with Crippen LogP contribution in [0.25, 0.3) is 0 Å². The summed E-state index contributed by atoms with van der Waals surface area (Å²) < 4.78 is 0. The van der Waals surface area contributed by atoms with Crippen LogP contribution in [0.15, 0.2) is 36.4 Å². The van der Waals surface area contributed by atoms with E-state index in [1.54, 1.807) is 0 Å². The summed E-state index contributed by atoms with van der Waals surface area (Å²) in [5.74, 6) is -1.77. The number of aromatic hydroxyl groups is 3. The van der Waals surface area contributed by atoms with Crippen LogP contribution in [0.1, 0.15) is 10.4 Å². The molecular formula is C13H10N2O6. The van der Waals surface area contributed by atoms with Gasteiger partial charge in [-0.3, -0.25) is 14.9 Å². The number of carbonyl (C=O) groups is 1. The van der Waals surface area contributed by atoms with Gasteiger partial charge in [-0.15, -0.1) is 0 Å². The van der Waals surface area contributed by atoms with E-state index in [2.05, 4.69) is 5.32 Å². The van der Waals surface area contributed by atoms with E-state index in [0.717, 1.165) is 30.3 Å². The lowest BCUT2D eigenvalue weighted by Crippen LogP contribution is -2.11. The molecule has 0 unspecified atom stereocenters. The molecule has 0 saturated heterocycles. The third-order valence-electron chi connectivity index (χ3n) is 2.61. The van der Waals surface area contributed by atoms with Crippen molar-refractivity contribution in [2.45, 2.75) is 0 Å². The Morgan fingerprint density at radius 1 is 1.05 bits per heavy atom. The van der Waals surface area contributed by atoms with Crippen molar-refractivity contribution < 1.29 is 25.0 Å². The molecule has 4 N–H and O–H groups in total. The van der Waals surface area contributed by atoms with Crippen LogP contribution < -0.4 is 5.32 Å². The van der Waals surface area contributed by atoms with E-state index in [1.807, 2.05) is 0 Å². The molecule has 21 heavy (non-hydrogen) atoms. The predicted molar refractivity (Wildman–Crippen MR) is 72.5 cm³/mol. The third-order valence-corrected chi connectivity index (χ3v) is 2.61. The highest BCUT2D eigenvalue weighted by atomic mass is 16.6. The van der Waals surface area contributed by atoms with Crippen molar-refractivity contribution in [2.24, 2.45) is 0 Å². The number of nitro groups is 1. The highest BCUT2D eigenvalue weighted by molar-refractivity contribution is 6.05. The number of nitrogens with zero attached hydrogens (tertiary/aromatic N) is 1. The second kappa shape index (κ2) is 5.37. The number of anilines is 1. The Labute approximate surface area is 118 Å². The predicted octanol–water partition coefficient (Wildman–Crippen LogP) is 1.96. The van der Waals surface area contributed by atoms with E-state index >= 15 is 0 Å². The summed E-state index contributed by atoms with van der Waals surface area (Å²) in [5.41, 5.74) is -0.390. The van der Waals surface area contributed by atoms with Gasteiger partial charge < -0.3 is 20.6 Å². The molecule has 0 aromatic heterocycles. The Hall–Kier alpha value is -3.29. The molecule has 8 nitrogen and oxygen atoms in total. The van der Waals surface area contributed by atoms with Gasteiger partial charge in [0.2, 0.25) is 0 Å². The fraction of sp³-hybridized carbons (Fsp3) is 0. The van der Waals surface area contributed by atoms with E-state index in [4.69, 9.17) is 0 Å². The highest BCUT2D eigenvalue weighted by Crippen LogP contribution is 2.29. The molecule has 8 heteroatoms. The van der Waals surface area contributed by atoms with Crippen molar-refractivity contribution in [3.8, 4) is 17.2 Å². The zero-order chi connectivity index (χ0) is 15.6. The van der Waals surface area contributed by atoms with E-state index in [0.29, 0.717) is 0 Å². The molecule has 2 aromatic carbocycles. The molecule has 0 aliphatic heterocycles. The summed E-state index contributed by atoms with van der Waals surface area (Å²) in [6.07, 6.45) is 0. The van der Waals surface area contributed by atoms with Gasteiger partial charge in [-0.2, -0.15) is 0 Å². The van der Waals surface area contributed by atoms with Crippen LogP contribution >= 0.6 is 0 Å². The molecule has 0 bridgehead atoms. The van der Waals surface area contributed by atoms with Crippen LogP contribution in [0.2, 0.25) is 0 Å². The minimum absolute atomic E-state index is 0.0339. The maximum absolute atomic E-state index is 11.9. The minimum Gasteiger partial charge on any atom is -0.508 e. The number of rotatable bonds is 3. The molecule has 108 valence electrons. The van der Waals surface area contributed by atoms with Crippen LogP contribution in [0, 0.1) is 10.1 Å². The Morgan fingerprint density at radius 3 is 2.19 bits per heavy atom. The van der Waals surface area contributed by atoms with Gasteiger partial charge in [-0.05, 0) is 18.2 Å². The standard InChI is InChI=1S/C13H10N2O6/c16-9-3-7(4-10(17)6-9)13(19)14-11-2-1-8(15(20)21)5-12(11)18/h1-6,16-18H,(H,14,19). The van der Waals surface area contributed by atoms with Crippen molar-refractivity contribution in [3.63, 3.8) is 0 Å². The zero-order valence-electron chi connectivity index (χ0n) is 10.5. The van der Waals surface area contributed by atoms with E-state index in [9.17, 15) is 30.2 Å². The molecule has 0 heterocycles. The maximum atomic E-state index is 11.9. The number of amides is 1. The number of nitro benzene ring substituents is 1. The fourth-order valence-electron chi connectivity index (χ4n) is 1.66. The van der Waals surface area contributed by atoms with E-state index in [-0.39, 0.29) is 28.4 Å². The maximum Gasteiger partial charge on any atom is 0.273 e. The van der Waals surface area contributed by atoms with Gasteiger partial charge in [0, 0.05) is 17.7 Å². The molecule has 0 aliphatic rings. The van der Waals surface area contributed by atoms with Gasteiger partial charge in [0.15, 0.2) is 0 Å². The van der Waals surface area contributed by atoms with E-state index < -0.39 is 16.6 Å². The second-order valence-electron chi connectivity index (χ2n) is 4.15. The lowest BCUT2D eigenvalue weighted by Gasteiger charge is -2.08. The summed E-state index contributed by atoms with van der Waals surface area (Å²) in [6.45, 7) is 0. The first-order chi connectivity index (χ1) is 9.86. The number of nitrogens with one attached hydrogen (secondary N) is 1. The molecule has 0 spiro atoms. The molecule has 0 saturated carbocycles. The normalized spacial score (nSPS) is 10.1. The number of hydrogen-bond donors (Lipinski definition) is 4. The summed E-state index contributed by atoms with van der Waals surface area (Å²) in [4.78, 5) is 21.8.